The molecule has 166 valence electrons. The van der Waals surface area contributed by atoms with E-state index in [0.29, 0.717) is 41.1 Å². The normalized spacial score (nSPS) is 16.0. The Kier molecular flexibility index (Phi) is 6.41. The number of methoxy groups -OCH3 is 1. The van der Waals surface area contributed by atoms with E-state index in [9.17, 15) is 14.0 Å². The van der Waals surface area contributed by atoms with Gasteiger partial charge in [-0.2, -0.15) is 4.68 Å². The highest BCUT2D eigenvalue weighted by Gasteiger charge is 2.27. The fraction of sp³-hybridized carbons (Fsp3) is 0.261. The lowest BCUT2D eigenvalue weighted by Gasteiger charge is -2.33. The molecule has 1 N–H and O–H groups in total. The van der Waals surface area contributed by atoms with E-state index in [4.69, 9.17) is 16.3 Å². The Hall–Kier alpha value is -3.39. The first kappa shape index (κ1) is 21.8. The highest BCUT2D eigenvalue weighted by atomic mass is 35.5. The van der Waals surface area contributed by atoms with Crippen molar-refractivity contribution in [2.24, 2.45) is 5.92 Å². The molecule has 7 nitrogen and oxygen atoms in total. The third-order valence-corrected chi connectivity index (χ3v) is 5.63. The molecule has 0 radical (unpaired) electrons. The molecule has 1 aliphatic rings. The molecule has 1 aromatic heterocycles. The van der Waals surface area contributed by atoms with E-state index >= 15 is 0 Å². The van der Waals surface area contributed by atoms with Crippen LogP contribution in [0.25, 0.3) is 5.69 Å². The minimum absolute atomic E-state index is 0.137. The number of nitrogens with zero attached hydrogens (tertiary/aromatic N) is 3. The van der Waals surface area contributed by atoms with E-state index in [1.807, 2.05) is 4.90 Å². The molecule has 0 saturated carbocycles. The van der Waals surface area contributed by atoms with Gasteiger partial charge in [0.2, 0.25) is 5.91 Å². The lowest BCUT2D eigenvalue weighted by molar-refractivity contribution is -0.120. The van der Waals surface area contributed by atoms with Gasteiger partial charge in [0.15, 0.2) is 0 Å². The summed E-state index contributed by atoms with van der Waals surface area (Å²) in [4.78, 5) is 27.2. The van der Waals surface area contributed by atoms with Crippen LogP contribution in [-0.4, -0.2) is 35.9 Å². The van der Waals surface area contributed by atoms with E-state index in [1.54, 1.807) is 24.3 Å². The molecule has 1 amide bonds. The van der Waals surface area contributed by atoms with E-state index in [0.717, 1.165) is 12.8 Å². The van der Waals surface area contributed by atoms with Crippen LogP contribution in [0.4, 0.5) is 15.9 Å². The standard InChI is InChI=1S/C23H22ClFN4O3/c1-32-20-9-4-16(24)13-19(20)26-23(31)15-3-2-12-28(14-15)21-10-11-22(30)29(27-21)18-7-5-17(25)6-8-18/h4-11,13,15H,2-3,12,14H2,1H3,(H,26,31)/t15-/m1/s1. The van der Waals surface area contributed by atoms with Crippen molar-refractivity contribution in [3.8, 4) is 11.4 Å². The number of hydrogen-bond acceptors (Lipinski definition) is 5. The van der Waals surface area contributed by atoms with Crippen LogP contribution in [0.15, 0.2) is 59.4 Å². The van der Waals surface area contributed by atoms with E-state index in [2.05, 4.69) is 10.4 Å². The quantitative estimate of drug-likeness (QED) is 0.630. The summed E-state index contributed by atoms with van der Waals surface area (Å²) in [5, 5.41) is 7.86. The second-order valence-electron chi connectivity index (χ2n) is 7.54. The predicted octanol–water partition coefficient (Wildman–Crippen LogP) is 3.89. The maximum absolute atomic E-state index is 13.2. The molecular formula is C23H22ClFN4O3. The van der Waals surface area contributed by atoms with Crippen molar-refractivity contribution < 1.29 is 13.9 Å². The van der Waals surface area contributed by atoms with E-state index < -0.39 is 0 Å². The number of benzene rings is 2. The Bertz CT molecular complexity index is 1180. The molecule has 2 heterocycles. The monoisotopic (exact) mass is 456 g/mol. The summed E-state index contributed by atoms with van der Waals surface area (Å²) in [7, 11) is 1.53. The Morgan fingerprint density at radius 3 is 2.72 bits per heavy atom. The van der Waals surface area contributed by atoms with Crippen molar-refractivity contribution in [3.63, 3.8) is 0 Å². The highest BCUT2D eigenvalue weighted by molar-refractivity contribution is 6.31. The van der Waals surface area contributed by atoms with Crippen LogP contribution >= 0.6 is 11.6 Å². The number of nitrogens with one attached hydrogen (secondary N) is 1. The summed E-state index contributed by atoms with van der Waals surface area (Å²) in [5.41, 5.74) is 0.669. The summed E-state index contributed by atoms with van der Waals surface area (Å²) in [6.45, 7) is 1.15. The summed E-state index contributed by atoms with van der Waals surface area (Å²) in [6.07, 6.45) is 1.52. The van der Waals surface area contributed by atoms with Gasteiger partial charge in [-0.15, -0.1) is 5.10 Å². The van der Waals surface area contributed by atoms with Gasteiger partial charge in [0.1, 0.15) is 17.4 Å². The number of piperidine rings is 1. The van der Waals surface area contributed by atoms with Crippen LogP contribution in [0, 0.1) is 11.7 Å². The molecule has 0 aliphatic carbocycles. The minimum Gasteiger partial charge on any atom is -0.495 e. The van der Waals surface area contributed by atoms with Crippen molar-refractivity contribution in [3.05, 3.63) is 75.8 Å². The van der Waals surface area contributed by atoms with Crippen LogP contribution in [-0.2, 0) is 4.79 Å². The third kappa shape index (κ3) is 4.75. The van der Waals surface area contributed by atoms with Crippen molar-refractivity contribution in [1.82, 2.24) is 9.78 Å². The van der Waals surface area contributed by atoms with Crippen molar-refractivity contribution in [2.75, 3.05) is 30.4 Å². The van der Waals surface area contributed by atoms with Gasteiger partial charge < -0.3 is 15.0 Å². The number of carbonyl (C=O) groups is 1. The Morgan fingerprint density at radius 2 is 1.97 bits per heavy atom. The highest BCUT2D eigenvalue weighted by Crippen LogP contribution is 2.29. The molecule has 2 aromatic carbocycles. The topological polar surface area (TPSA) is 76.5 Å². The lowest BCUT2D eigenvalue weighted by Crippen LogP contribution is -2.41. The molecule has 0 bridgehead atoms. The molecule has 1 saturated heterocycles. The first-order valence-corrected chi connectivity index (χ1v) is 10.6. The van der Waals surface area contributed by atoms with Crippen molar-refractivity contribution in [1.29, 1.82) is 0 Å². The average Bonchev–Trinajstić information content (AvgIpc) is 2.80. The number of halogens is 2. The number of aromatic nitrogens is 2. The smallest absolute Gasteiger partial charge is 0.271 e. The Balaban J connectivity index is 1.52. The number of rotatable bonds is 5. The maximum Gasteiger partial charge on any atom is 0.271 e. The summed E-state index contributed by atoms with van der Waals surface area (Å²) >= 11 is 6.06. The molecule has 4 rings (SSSR count). The molecule has 1 aliphatic heterocycles. The molecule has 9 heteroatoms. The molecule has 3 aromatic rings. The SMILES string of the molecule is COc1ccc(Cl)cc1NC(=O)[C@@H]1CCCN(c2ccc(=O)n(-c3ccc(F)cc3)n2)C1. The van der Waals surface area contributed by atoms with Crippen LogP contribution in [0.1, 0.15) is 12.8 Å². The van der Waals surface area contributed by atoms with Gasteiger partial charge in [0.05, 0.1) is 24.4 Å². The largest absolute Gasteiger partial charge is 0.495 e. The van der Waals surface area contributed by atoms with Gasteiger partial charge in [-0.1, -0.05) is 11.6 Å². The predicted molar refractivity (Wildman–Crippen MR) is 121 cm³/mol. The molecule has 32 heavy (non-hydrogen) atoms. The third-order valence-electron chi connectivity index (χ3n) is 5.39. The summed E-state index contributed by atoms with van der Waals surface area (Å²) in [6, 6.07) is 13.7. The number of amides is 1. The average molecular weight is 457 g/mol. The first-order valence-electron chi connectivity index (χ1n) is 10.2. The van der Waals surface area contributed by atoms with Gasteiger partial charge in [-0.05, 0) is 61.4 Å². The molecule has 0 unspecified atom stereocenters. The van der Waals surface area contributed by atoms with Gasteiger partial charge in [0.25, 0.3) is 5.56 Å². The zero-order chi connectivity index (χ0) is 22.7. The van der Waals surface area contributed by atoms with Crippen LogP contribution in [0.3, 0.4) is 0 Å². The Morgan fingerprint density at radius 1 is 1.19 bits per heavy atom. The second-order valence-corrected chi connectivity index (χ2v) is 7.97. The van der Waals surface area contributed by atoms with Crippen LogP contribution in [0.2, 0.25) is 5.02 Å². The zero-order valence-corrected chi connectivity index (χ0v) is 18.2. The fourth-order valence-corrected chi connectivity index (χ4v) is 3.92. The number of carbonyl (C=O) groups excluding carboxylic acids is 1. The van der Waals surface area contributed by atoms with E-state index in [1.165, 1.54) is 42.1 Å². The zero-order valence-electron chi connectivity index (χ0n) is 17.4. The van der Waals surface area contributed by atoms with Gasteiger partial charge in [-0.25, -0.2) is 4.39 Å². The number of ether oxygens (including phenoxy) is 1. The second kappa shape index (κ2) is 9.40. The van der Waals surface area contributed by atoms with Gasteiger partial charge in [0, 0.05) is 24.2 Å². The summed E-state index contributed by atoms with van der Waals surface area (Å²) in [5.74, 6) is 0.303. The van der Waals surface area contributed by atoms with Crippen LogP contribution < -0.4 is 20.5 Å². The van der Waals surface area contributed by atoms with Gasteiger partial charge >= 0.3 is 0 Å². The van der Waals surface area contributed by atoms with Gasteiger partial charge in [-0.3, -0.25) is 9.59 Å². The maximum atomic E-state index is 13.2. The first-order chi connectivity index (χ1) is 15.4. The number of hydrogen-bond donors (Lipinski definition) is 1. The van der Waals surface area contributed by atoms with E-state index in [-0.39, 0.29) is 23.2 Å². The summed E-state index contributed by atoms with van der Waals surface area (Å²) < 4.78 is 19.8. The van der Waals surface area contributed by atoms with Crippen molar-refractivity contribution >= 4 is 29.0 Å². The molecular weight excluding hydrogens is 435 g/mol. The minimum atomic E-state index is -0.390. The molecule has 0 spiro atoms. The van der Waals surface area contributed by atoms with Crippen LogP contribution in [0.5, 0.6) is 5.75 Å². The molecule has 1 fully saturated rings. The number of anilines is 2. The fourth-order valence-electron chi connectivity index (χ4n) is 3.75. The van der Waals surface area contributed by atoms with Crippen molar-refractivity contribution in [2.45, 2.75) is 12.8 Å². The molecule has 1 atom stereocenters. The lowest BCUT2D eigenvalue weighted by atomic mass is 9.97. The Labute approximate surface area is 189 Å².